The number of benzene rings is 1. The molecule has 0 atom stereocenters. The lowest BCUT2D eigenvalue weighted by Crippen LogP contribution is -2.20. The number of nitrogens with zero attached hydrogens (tertiary/aromatic N) is 2. The minimum Gasteiger partial charge on any atom is -0.477 e. The van der Waals surface area contributed by atoms with Crippen LogP contribution in [-0.2, 0) is 6.54 Å². The van der Waals surface area contributed by atoms with Crippen LogP contribution < -0.4 is 0 Å². The number of carboxylic acids is 1. The highest BCUT2D eigenvalue weighted by Crippen LogP contribution is 2.28. The van der Waals surface area contributed by atoms with E-state index in [-0.39, 0.29) is 0 Å². The summed E-state index contributed by atoms with van der Waals surface area (Å²) in [5, 5.41) is 10.4. The van der Waals surface area contributed by atoms with Crippen LogP contribution in [0.2, 0.25) is 0 Å². The van der Waals surface area contributed by atoms with Crippen molar-refractivity contribution in [3.63, 3.8) is 0 Å². The van der Waals surface area contributed by atoms with Crippen molar-refractivity contribution in [1.82, 2.24) is 9.47 Å². The molecule has 4 heteroatoms. The summed E-state index contributed by atoms with van der Waals surface area (Å²) in [6.45, 7) is 5.77. The number of hydrogen-bond acceptors (Lipinski definition) is 2. The fourth-order valence-electron chi connectivity index (χ4n) is 2.53. The molecule has 1 N–H and O–H groups in total. The zero-order valence-electron chi connectivity index (χ0n) is 12.6. The van der Waals surface area contributed by atoms with Crippen molar-refractivity contribution in [2.75, 3.05) is 20.6 Å². The van der Waals surface area contributed by atoms with Crippen LogP contribution in [-0.4, -0.2) is 41.2 Å². The van der Waals surface area contributed by atoms with E-state index < -0.39 is 5.97 Å². The molecule has 20 heavy (non-hydrogen) atoms. The summed E-state index contributed by atoms with van der Waals surface area (Å²) < 4.78 is 1.94. The first-order chi connectivity index (χ1) is 9.41. The molecule has 0 aliphatic heterocycles. The highest BCUT2D eigenvalue weighted by atomic mass is 16.4. The van der Waals surface area contributed by atoms with Crippen molar-refractivity contribution < 1.29 is 9.90 Å². The average molecular weight is 274 g/mol. The monoisotopic (exact) mass is 274 g/mol. The largest absolute Gasteiger partial charge is 0.477 e. The van der Waals surface area contributed by atoms with Crippen molar-refractivity contribution in [2.24, 2.45) is 0 Å². The summed E-state index contributed by atoms with van der Waals surface area (Å²) in [6, 6.07) is 7.85. The van der Waals surface area contributed by atoms with Gasteiger partial charge in [0.25, 0.3) is 0 Å². The Morgan fingerprint density at radius 1 is 1.35 bits per heavy atom. The molecule has 0 amide bonds. The van der Waals surface area contributed by atoms with Gasteiger partial charge in [-0.25, -0.2) is 4.79 Å². The van der Waals surface area contributed by atoms with Gasteiger partial charge in [-0.1, -0.05) is 32.0 Å². The van der Waals surface area contributed by atoms with Gasteiger partial charge in [-0.05, 0) is 31.6 Å². The molecule has 0 fully saturated rings. The summed E-state index contributed by atoms with van der Waals surface area (Å²) in [4.78, 5) is 13.5. The molecule has 1 aromatic carbocycles. The van der Waals surface area contributed by atoms with Crippen LogP contribution in [0.5, 0.6) is 0 Å². The number of hydrogen-bond donors (Lipinski definition) is 1. The Morgan fingerprint density at radius 2 is 2.05 bits per heavy atom. The van der Waals surface area contributed by atoms with Gasteiger partial charge in [-0.15, -0.1) is 0 Å². The number of carbonyl (C=O) groups is 1. The minimum absolute atomic E-state index is 0.369. The molecule has 0 aliphatic carbocycles. The second kappa shape index (κ2) is 5.67. The molecule has 1 aromatic heterocycles. The molecular weight excluding hydrogens is 252 g/mol. The zero-order chi connectivity index (χ0) is 14.9. The Labute approximate surface area is 119 Å². The molecule has 0 bridgehead atoms. The topological polar surface area (TPSA) is 45.5 Å². The third-order valence-electron chi connectivity index (χ3n) is 3.56. The smallest absolute Gasteiger partial charge is 0.352 e. The predicted octanol–water partition coefficient (Wildman–Crippen LogP) is 3.02. The van der Waals surface area contributed by atoms with Gasteiger partial charge in [0, 0.05) is 18.5 Å². The minimum atomic E-state index is -0.866. The van der Waals surface area contributed by atoms with Crippen LogP contribution in [0, 0.1) is 0 Å². The van der Waals surface area contributed by atoms with Crippen LogP contribution in [0.4, 0.5) is 0 Å². The quantitative estimate of drug-likeness (QED) is 0.911. The Morgan fingerprint density at radius 3 is 2.60 bits per heavy atom. The molecule has 0 spiro atoms. The van der Waals surface area contributed by atoms with E-state index in [0.717, 1.165) is 17.4 Å². The summed E-state index contributed by atoms with van der Waals surface area (Å²) in [7, 11) is 3.99. The second-order valence-corrected chi connectivity index (χ2v) is 5.73. The van der Waals surface area contributed by atoms with Gasteiger partial charge in [0.15, 0.2) is 0 Å². The Bertz CT molecular complexity index is 627. The van der Waals surface area contributed by atoms with Crippen molar-refractivity contribution >= 4 is 16.9 Å². The number of carboxylic acid groups (broad SMARTS) is 1. The second-order valence-electron chi connectivity index (χ2n) is 5.73. The number of likely N-dealkylation sites (N-methyl/N-ethyl adjacent to an activating group) is 1. The van der Waals surface area contributed by atoms with Gasteiger partial charge >= 0.3 is 5.97 Å². The van der Waals surface area contributed by atoms with Gasteiger partial charge < -0.3 is 14.6 Å². The first-order valence-corrected chi connectivity index (χ1v) is 6.92. The van der Waals surface area contributed by atoms with E-state index in [1.807, 2.05) is 30.8 Å². The van der Waals surface area contributed by atoms with E-state index in [9.17, 15) is 9.90 Å². The highest BCUT2D eigenvalue weighted by Gasteiger charge is 2.17. The van der Waals surface area contributed by atoms with Gasteiger partial charge in [0.2, 0.25) is 0 Å². The highest BCUT2D eigenvalue weighted by molar-refractivity contribution is 5.96. The lowest BCUT2D eigenvalue weighted by molar-refractivity contribution is 0.0685. The normalized spacial score (nSPS) is 11.7. The fraction of sp³-hybridized carbons (Fsp3) is 0.438. The number of fused-ring (bicyclic) bond motifs is 1. The maximum atomic E-state index is 11.5. The molecule has 2 aromatic rings. The van der Waals surface area contributed by atoms with Crippen LogP contribution in [0.1, 0.15) is 35.8 Å². The van der Waals surface area contributed by atoms with Crippen LogP contribution in [0.3, 0.4) is 0 Å². The molecule has 0 aliphatic rings. The van der Waals surface area contributed by atoms with Crippen LogP contribution in [0.25, 0.3) is 10.9 Å². The Kier molecular flexibility index (Phi) is 4.14. The maximum Gasteiger partial charge on any atom is 0.352 e. The molecule has 0 unspecified atom stereocenters. The van der Waals surface area contributed by atoms with Crippen molar-refractivity contribution in [2.45, 2.75) is 26.3 Å². The molecule has 0 saturated heterocycles. The van der Waals surface area contributed by atoms with Gasteiger partial charge in [-0.3, -0.25) is 0 Å². The van der Waals surface area contributed by atoms with Crippen LogP contribution >= 0.6 is 0 Å². The van der Waals surface area contributed by atoms with Crippen LogP contribution in [0.15, 0.2) is 24.3 Å². The number of aromatic nitrogens is 1. The number of aromatic carboxylic acids is 1. The molecule has 0 saturated carbocycles. The van der Waals surface area contributed by atoms with Gasteiger partial charge in [0.1, 0.15) is 5.69 Å². The van der Waals surface area contributed by atoms with E-state index >= 15 is 0 Å². The Hall–Kier alpha value is -1.81. The zero-order valence-corrected chi connectivity index (χ0v) is 12.6. The van der Waals surface area contributed by atoms with Gasteiger partial charge in [-0.2, -0.15) is 0 Å². The van der Waals surface area contributed by atoms with Crippen molar-refractivity contribution in [3.05, 3.63) is 35.5 Å². The number of rotatable bonds is 5. The van der Waals surface area contributed by atoms with Gasteiger partial charge in [0.05, 0.1) is 5.52 Å². The first kappa shape index (κ1) is 14.6. The summed E-state index contributed by atoms with van der Waals surface area (Å²) in [5.74, 6) is -0.497. The third-order valence-corrected chi connectivity index (χ3v) is 3.56. The average Bonchev–Trinajstić information content (AvgIpc) is 2.74. The molecule has 1 heterocycles. The number of para-hydroxylation sites is 1. The van der Waals surface area contributed by atoms with E-state index in [1.165, 1.54) is 5.56 Å². The van der Waals surface area contributed by atoms with E-state index in [4.69, 9.17) is 0 Å². The van der Waals surface area contributed by atoms with E-state index in [1.54, 1.807) is 6.07 Å². The molecule has 108 valence electrons. The molecule has 0 radical (unpaired) electrons. The third kappa shape index (κ3) is 2.70. The van der Waals surface area contributed by atoms with E-state index in [2.05, 4.69) is 24.8 Å². The molecular formula is C16H22N2O2. The summed E-state index contributed by atoms with van der Waals surface area (Å²) >= 11 is 0. The van der Waals surface area contributed by atoms with E-state index in [0.29, 0.717) is 18.2 Å². The fourth-order valence-corrected chi connectivity index (χ4v) is 2.53. The summed E-state index contributed by atoms with van der Waals surface area (Å²) in [6.07, 6.45) is 0. The van der Waals surface area contributed by atoms with Crippen molar-refractivity contribution in [3.8, 4) is 0 Å². The summed E-state index contributed by atoms with van der Waals surface area (Å²) in [5.41, 5.74) is 2.63. The SMILES string of the molecule is CC(C)c1cccc2cc(C(=O)O)n(CCN(C)C)c12. The first-order valence-electron chi connectivity index (χ1n) is 6.92. The maximum absolute atomic E-state index is 11.5. The predicted molar refractivity (Wildman–Crippen MR) is 81.5 cm³/mol. The molecule has 2 rings (SSSR count). The Balaban J connectivity index is 2.64. The lowest BCUT2D eigenvalue weighted by Gasteiger charge is -2.16. The van der Waals surface area contributed by atoms with Crippen molar-refractivity contribution in [1.29, 1.82) is 0 Å². The molecule has 4 nitrogen and oxygen atoms in total. The standard InChI is InChI=1S/C16H22N2O2/c1-11(2)13-7-5-6-12-10-14(16(19)20)18(15(12)13)9-8-17(3)4/h5-7,10-11H,8-9H2,1-4H3,(H,19,20). The lowest BCUT2D eigenvalue weighted by atomic mass is 10.0.